The summed E-state index contributed by atoms with van der Waals surface area (Å²) in [5, 5.41) is 8.56. The van der Waals surface area contributed by atoms with Gasteiger partial charge in [0.05, 0.1) is 0 Å². The van der Waals surface area contributed by atoms with Crippen LogP contribution in [0.25, 0.3) is 0 Å². The van der Waals surface area contributed by atoms with Crippen molar-refractivity contribution in [1.29, 1.82) is 0 Å². The van der Waals surface area contributed by atoms with Gasteiger partial charge in [0.1, 0.15) is 6.04 Å². The van der Waals surface area contributed by atoms with E-state index in [0.29, 0.717) is 0 Å². The molecule has 0 amide bonds. The summed E-state index contributed by atoms with van der Waals surface area (Å²) in [6.07, 6.45) is -3.56. The van der Waals surface area contributed by atoms with Crippen molar-refractivity contribution in [3.63, 3.8) is 0 Å². The summed E-state index contributed by atoms with van der Waals surface area (Å²) in [6.45, 7) is -7.19. The number of hydrogen-bond donors (Lipinski definition) is 2. The first-order valence-electron chi connectivity index (χ1n) is 6.47. The van der Waals surface area contributed by atoms with E-state index in [1.165, 1.54) is 0 Å². The zero-order chi connectivity index (χ0) is 15.2. The maximum Gasteiger partial charge on any atom is 0.326 e. The molecule has 0 aliphatic carbocycles. The number of carbonyl (C=O) groups is 1. The molecule has 0 spiro atoms. The van der Waals surface area contributed by atoms with Crippen molar-refractivity contribution < 1.29 is 22.2 Å². The van der Waals surface area contributed by atoms with Crippen LogP contribution in [0.4, 0.5) is 0 Å². The fraction of sp³-hybridized carbons (Fsp3) is 0.667. The van der Waals surface area contributed by atoms with Crippen molar-refractivity contribution in [2.24, 2.45) is 11.6 Å². The van der Waals surface area contributed by atoms with Crippen LogP contribution in [-0.2, 0) is 4.79 Å². The maximum absolute atomic E-state index is 10.6. The first-order chi connectivity index (χ1) is 7.60. The van der Waals surface area contributed by atoms with Gasteiger partial charge in [-0.05, 0) is 12.3 Å². The Bertz CT molecular complexity index is 319. The van der Waals surface area contributed by atoms with Crippen molar-refractivity contribution in [3.05, 3.63) is 6.04 Å². The predicted molar refractivity (Wildman–Crippen MR) is 34.5 cm³/mol. The lowest BCUT2D eigenvalue weighted by Gasteiger charge is -2.06. The Balaban J connectivity index is 6.00. The van der Waals surface area contributed by atoms with Crippen molar-refractivity contribution in [2.75, 3.05) is 0 Å². The van der Waals surface area contributed by atoms with Gasteiger partial charge in [0.2, 0.25) is 0 Å². The maximum atomic E-state index is 10.6. The van der Waals surface area contributed by atoms with Crippen LogP contribution in [0.5, 0.6) is 0 Å². The number of rotatable bonds is 3. The zero-order valence-corrected chi connectivity index (χ0v) is 4.43. The van der Waals surface area contributed by atoms with Crippen LogP contribution in [0.15, 0.2) is 0 Å². The predicted octanol–water partition coefficient (Wildman–Crippen LogP) is 0.608. The summed E-state index contributed by atoms with van der Waals surface area (Å²) in [7, 11) is 0. The van der Waals surface area contributed by atoms with Gasteiger partial charge in [-0.1, -0.05) is 13.7 Å². The van der Waals surface area contributed by atoms with Crippen LogP contribution < -0.4 is 5.73 Å². The van der Waals surface area contributed by atoms with Crippen LogP contribution in [0.3, 0.4) is 0 Å². The van der Waals surface area contributed by atoms with Crippen LogP contribution in [0.1, 0.15) is 32.4 Å². The van der Waals surface area contributed by atoms with E-state index in [9.17, 15) is 4.79 Å². The van der Waals surface area contributed by atoms with E-state index in [-0.39, 0.29) is 0 Å². The normalized spacial score (nSPS) is 31.1. The highest BCUT2D eigenvalue weighted by Crippen LogP contribution is 2.07. The van der Waals surface area contributed by atoms with E-state index < -0.39 is 38.0 Å². The number of nitrogens with two attached hydrogens (primary N) is 1. The molecule has 0 aliphatic heterocycles. The molecule has 0 aromatic rings. The lowest BCUT2D eigenvalue weighted by molar-refractivity contribution is -0.135. The Morgan fingerprint density at radius 2 is 2.67 bits per heavy atom. The fourth-order valence-corrected chi connectivity index (χ4v) is 0.188. The molecule has 9 heavy (non-hydrogen) atoms. The third-order valence-corrected chi connectivity index (χ3v) is 0.490. The third kappa shape index (κ3) is 3.97. The Labute approximate surface area is 67.5 Å². The molecule has 3 heteroatoms. The van der Waals surface area contributed by atoms with Crippen molar-refractivity contribution >= 4 is 5.97 Å². The molecule has 3 N–H and O–H groups in total. The Kier molecular flexibility index (Phi) is 0.662. The van der Waals surface area contributed by atoms with Crippen LogP contribution in [-0.4, -0.2) is 11.1 Å². The summed E-state index contributed by atoms with van der Waals surface area (Å²) < 4.78 is 64.3. The highest BCUT2D eigenvalue weighted by atomic mass is 16.4. The van der Waals surface area contributed by atoms with E-state index in [1.54, 1.807) is 0 Å². The monoisotopic (exact) mass is 139 g/mol. The van der Waals surface area contributed by atoms with Gasteiger partial charge in [0.25, 0.3) is 0 Å². The van der Waals surface area contributed by atoms with Gasteiger partial charge in [-0.2, -0.15) is 0 Å². The highest BCUT2D eigenvalue weighted by molar-refractivity contribution is 5.81. The summed E-state index contributed by atoms with van der Waals surface area (Å²) >= 11 is 0. The number of carboxylic acid groups (broad SMARTS) is 1. The van der Waals surface area contributed by atoms with Gasteiger partial charge in [0.15, 0.2) is 0 Å². The molecule has 53 valence electrons. The second-order valence-corrected chi connectivity index (χ2v) is 1.22. The molecule has 0 bridgehead atoms. The standard InChI is InChI=1S/C6H12NO2/c1-4(2)3-5(7)6(8)9/h4H,3,7H2,1-2H3,(H,8,9)/i1D3,2D3,3D2,4D. The molecule has 0 atom stereocenters. The largest absolute Gasteiger partial charge is 0.480 e. The number of aliphatic carboxylic acids is 1. The highest BCUT2D eigenvalue weighted by Gasteiger charge is 2.13. The first-order valence-corrected chi connectivity index (χ1v) is 1.97. The molecule has 0 saturated heterocycles. The molecular formula is C6H12NO2. The number of carboxylic acids is 1. The quantitative estimate of drug-likeness (QED) is 0.602. The van der Waals surface area contributed by atoms with E-state index in [4.69, 9.17) is 23.2 Å². The van der Waals surface area contributed by atoms with E-state index >= 15 is 0 Å². The average Bonchev–Trinajstić information content (AvgIpc) is 2.11. The minimum absolute atomic E-state index is 1.54. The molecule has 0 heterocycles. The second kappa shape index (κ2) is 3.45. The number of hydrogen-bond acceptors (Lipinski definition) is 2. The molecule has 3 nitrogen and oxygen atoms in total. The van der Waals surface area contributed by atoms with Gasteiger partial charge in [-0.3, -0.25) is 4.79 Å². The summed E-state index contributed by atoms with van der Waals surface area (Å²) in [5.74, 6) is -5.69. The van der Waals surface area contributed by atoms with E-state index in [0.717, 1.165) is 0 Å². The third-order valence-electron chi connectivity index (χ3n) is 0.490. The lowest BCUT2D eigenvalue weighted by Crippen LogP contribution is -2.22. The second-order valence-electron chi connectivity index (χ2n) is 1.22. The smallest absolute Gasteiger partial charge is 0.326 e. The van der Waals surface area contributed by atoms with E-state index in [1.807, 2.05) is 0 Å². The molecule has 0 aromatic heterocycles. The molecule has 0 aliphatic rings. The molecule has 0 aromatic carbocycles. The van der Waals surface area contributed by atoms with Crippen LogP contribution >= 0.6 is 0 Å². The van der Waals surface area contributed by atoms with Crippen LogP contribution in [0.2, 0.25) is 0 Å². The van der Waals surface area contributed by atoms with Crippen molar-refractivity contribution in [3.8, 4) is 0 Å². The molecule has 1 radical (unpaired) electrons. The molecule has 0 fully saturated rings. The van der Waals surface area contributed by atoms with Gasteiger partial charge in [-0.15, -0.1) is 0 Å². The minimum atomic E-state index is -3.69. The Morgan fingerprint density at radius 3 is 3.00 bits per heavy atom. The Morgan fingerprint density at radius 1 is 2.11 bits per heavy atom. The van der Waals surface area contributed by atoms with Crippen molar-refractivity contribution in [1.82, 2.24) is 0 Å². The van der Waals surface area contributed by atoms with Gasteiger partial charge < -0.3 is 10.8 Å². The topological polar surface area (TPSA) is 63.3 Å². The molecule has 0 rings (SSSR count). The van der Waals surface area contributed by atoms with E-state index in [2.05, 4.69) is 0 Å². The molecular weight excluding hydrogens is 118 g/mol. The van der Waals surface area contributed by atoms with Crippen molar-refractivity contribution in [2.45, 2.75) is 20.1 Å². The Hall–Kier alpha value is -0.570. The summed E-state index contributed by atoms with van der Waals surface area (Å²) in [5.41, 5.74) is 4.90. The summed E-state index contributed by atoms with van der Waals surface area (Å²) in [6, 6.07) is -1.54. The molecule has 0 saturated carbocycles. The van der Waals surface area contributed by atoms with Crippen LogP contribution in [0, 0.1) is 11.9 Å². The van der Waals surface area contributed by atoms with Gasteiger partial charge >= 0.3 is 5.97 Å². The average molecular weight is 139 g/mol. The summed E-state index contributed by atoms with van der Waals surface area (Å²) in [4.78, 5) is 10.6. The lowest BCUT2D eigenvalue weighted by atomic mass is 10.1. The SMILES string of the molecule is [2H]C([2H])([2H])C([2H])(C([2H])([2H])[2H])C([2H])([2H])[C](N)C(=O)O. The molecule has 0 unspecified atom stereocenters. The minimum Gasteiger partial charge on any atom is -0.480 e. The van der Waals surface area contributed by atoms with Gasteiger partial charge in [-0.25, -0.2) is 0 Å². The zero-order valence-electron chi connectivity index (χ0n) is 13.4. The first kappa shape index (κ1) is 1.72. The fourth-order valence-electron chi connectivity index (χ4n) is 0.188. The van der Waals surface area contributed by atoms with Gasteiger partial charge in [0, 0.05) is 12.3 Å².